The van der Waals surface area contributed by atoms with Crippen LogP contribution in [0, 0.1) is 30.3 Å². The van der Waals surface area contributed by atoms with Crippen molar-refractivity contribution in [3.8, 4) is 17.0 Å². The highest BCUT2D eigenvalue weighted by molar-refractivity contribution is 6.32. The van der Waals surface area contributed by atoms with Crippen LogP contribution >= 0.6 is 23.2 Å². The number of benzene rings is 2. The zero-order valence-corrected chi connectivity index (χ0v) is 24.1. The van der Waals surface area contributed by atoms with Gasteiger partial charge in [0.15, 0.2) is 17.9 Å². The third kappa shape index (κ3) is 5.88. The van der Waals surface area contributed by atoms with Crippen molar-refractivity contribution in [3.05, 3.63) is 86.4 Å². The Balaban J connectivity index is 1.53. The number of aldehydes is 1. The summed E-state index contributed by atoms with van der Waals surface area (Å²) in [7, 11) is 1.42. The van der Waals surface area contributed by atoms with E-state index in [4.69, 9.17) is 27.9 Å². The van der Waals surface area contributed by atoms with Crippen molar-refractivity contribution in [1.29, 1.82) is 0 Å². The first kappa shape index (κ1) is 30.6. The highest BCUT2D eigenvalue weighted by Gasteiger charge is 2.40. The third-order valence-corrected chi connectivity index (χ3v) is 8.05. The first-order valence-corrected chi connectivity index (χ1v) is 13.7. The number of halogens is 7. The van der Waals surface area contributed by atoms with E-state index in [-0.39, 0.29) is 23.7 Å². The lowest BCUT2D eigenvalue weighted by Gasteiger charge is -2.21. The molecule has 1 N–H and O–H groups in total. The summed E-state index contributed by atoms with van der Waals surface area (Å²) < 4.78 is 78.7. The number of aromatic nitrogens is 2. The van der Waals surface area contributed by atoms with E-state index >= 15 is 4.39 Å². The number of alkyl halides is 2. The second kappa shape index (κ2) is 11.7. The average Bonchev–Trinajstić information content (AvgIpc) is 3.82. The fourth-order valence-electron chi connectivity index (χ4n) is 4.86. The van der Waals surface area contributed by atoms with E-state index in [2.05, 4.69) is 15.3 Å². The minimum atomic E-state index is -4.29. The van der Waals surface area contributed by atoms with E-state index in [0.29, 0.717) is 40.2 Å². The quantitative estimate of drug-likeness (QED) is 0.116. The summed E-state index contributed by atoms with van der Waals surface area (Å²) >= 11 is 11.9. The fraction of sp³-hybridized carbons (Fsp3) is 0.267. The predicted molar refractivity (Wildman–Crippen MR) is 150 cm³/mol. The molecule has 0 saturated heterocycles. The molecule has 0 aliphatic heterocycles. The maximum Gasteiger partial charge on any atom is 0.330 e. The van der Waals surface area contributed by atoms with Crippen molar-refractivity contribution in [2.75, 3.05) is 13.7 Å². The second-order valence-corrected chi connectivity index (χ2v) is 11.0. The number of carbonyl (C=O) groups is 2. The van der Waals surface area contributed by atoms with Crippen LogP contribution in [0.15, 0.2) is 36.4 Å². The summed E-state index contributed by atoms with van der Waals surface area (Å²) in [6.07, 6.45) is 0.563. The number of amides is 1. The van der Waals surface area contributed by atoms with Crippen LogP contribution < -0.4 is 10.1 Å². The molecule has 1 aliphatic carbocycles. The van der Waals surface area contributed by atoms with Gasteiger partial charge in [0.05, 0.1) is 23.4 Å². The Bertz CT molecular complexity index is 1780. The Kier molecular flexibility index (Phi) is 8.32. The molecular formula is C30H22Cl2F5N3O3. The van der Waals surface area contributed by atoms with Gasteiger partial charge in [0.25, 0.3) is 5.91 Å². The SMILES string of the molecule is COc1cc(C(=O)NCC(c2cc(C(F)(F)C=O)c(F)c(-c3ccc(F)c(Cl)c3F)n2)C2CC2)cc2cc(Cl)c(C)nc12. The Morgan fingerprint density at radius 3 is 2.49 bits per heavy atom. The van der Waals surface area contributed by atoms with Gasteiger partial charge in [-0.25, -0.2) is 23.1 Å². The number of rotatable bonds is 9. The zero-order valence-electron chi connectivity index (χ0n) is 22.6. The Hall–Kier alpha value is -3.83. The van der Waals surface area contributed by atoms with Gasteiger partial charge in [-0.15, -0.1) is 0 Å². The Labute approximate surface area is 252 Å². The summed E-state index contributed by atoms with van der Waals surface area (Å²) in [6.45, 7) is 1.61. The second-order valence-electron chi connectivity index (χ2n) is 10.2. The van der Waals surface area contributed by atoms with Crippen LogP contribution in [0.25, 0.3) is 22.2 Å². The molecule has 2 aromatic heterocycles. The lowest BCUT2D eigenvalue weighted by molar-refractivity contribution is -0.130. The maximum absolute atomic E-state index is 15.4. The molecule has 2 aromatic carbocycles. The summed E-state index contributed by atoms with van der Waals surface area (Å²) in [6, 6.07) is 6.99. The van der Waals surface area contributed by atoms with Crippen molar-refractivity contribution in [2.24, 2.45) is 5.92 Å². The summed E-state index contributed by atoms with van der Waals surface area (Å²) in [4.78, 5) is 33.0. The highest BCUT2D eigenvalue weighted by atomic mass is 35.5. The van der Waals surface area contributed by atoms with E-state index in [9.17, 15) is 27.2 Å². The Morgan fingerprint density at radius 1 is 1.12 bits per heavy atom. The molecule has 1 atom stereocenters. The minimum absolute atomic E-state index is 0.113. The van der Waals surface area contributed by atoms with Crippen LogP contribution in [0.4, 0.5) is 22.0 Å². The normalized spacial score (nSPS) is 14.1. The number of nitrogens with one attached hydrogen (secondary N) is 1. The molecule has 2 heterocycles. The number of fused-ring (bicyclic) bond motifs is 1. The lowest BCUT2D eigenvalue weighted by Crippen LogP contribution is -2.30. The van der Waals surface area contributed by atoms with Gasteiger partial charge in [0, 0.05) is 34.7 Å². The van der Waals surface area contributed by atoms with Crippen LogP contribution in [0.2, 0.25) is 10.0 Å². The summed E-state index contributed by atoms with van der Waals surface area (Å²) in [5.74, 6) is -9.57. The molecule has 0 spiro atoms. The van der Waals surface area contributed by atoms with E-state index in [1.165, 1.54) is 13.2 Å². The van der Waals surface area contributed by atoms with Crippen molar-refractivity contribution < 1.29 is 36.3 Å². The molecule has 1 fully saturated rings. The average molecular weight is 638 g/mol. The van der Waals surface area contributed by atoms with Crippen molar-refractivity contribution in [1.82, 2.24) is 15.3 Å². The van der Waals surface area contributed by atoms with Gasteiger partial charge >= 0.3 is 5.92 Å². The lowest BCUT2D eigenvalue weighted by atomic mass is 9.94. The van der Waals surface area contributed by atoms with E-state index in [1.54, 1.807) is 19.1 Å². The standard InChI is InChI=1S/C30H22Cl2F5N3O3/c1-13-20(31)8-15-7-16(9-23(43-2)27(15)39-13)29(42)38-11-18(14-3-4-14)22-10-19(30(36,37)12-41)26(35)28(40-22)17-5-6-21(33)24(32)25(17)34/h5-10,12,14,18H,3-4,11H2,1-2H3,(H,38,42). The topological polar surface area (TPSA) is 81.2 Å². The van der Waals surface area contributed by atoms with Crippen LogP contribution in [0.1, 0.15) is 46.1 Å². The third-order valence-electron chi connectivity index (χ3n) is 7.32. The molecule has 5 rings (SSSR count). The summed E-state index contributed by atoms with van der Waals surface area (Å²) in [5, 5.41) is 2.71. The van der Waals surface area contributed by atoms with Crippen LogP contribution in [-0.2, 0) is 10.7 Å². The molecule has 1 unspecified atom stereocenters. The number of carbonyl (C=O) groups excluding carboxylic acids is 2. The van der Waals surface area contributed by atoms with Gasteiger partial charge in [-0.2, -0.15) is 8.78 Å². The number of nitrogens with zero attached hydrogens (tertiary/aromatic N) is 2. The molecule has 4 aromatic rings. The molecule has 6 nitrogen and oxygen atoms in total. The molecule has 224 valence electrons. The van der Waals surface area contributed by atoms with Gasteiger partial charge in [0.1, 0.15) is 27.8 Å². The zero-order chi connectivity index (χ0) is 31.2. The van der Waals surface area contributed by atoms with Gasteiger partial charge in [0.2, 0.25) is 0 Å². The molecular weight excluding hydrogens is 616 g/mol. The monoisotopic (exact) mass is 637 g/mol. The van der Waals surface area contributed by atoms with Crippen LogP contribution in [0.3, 0.4) is 0 Å². The first-order valence-electron chi connectivity index (χ1n) is 13.0. The number of ether oxygens (including phenoxy) is 1. The number of hydrogen-bond donors (Lipinski definition) is 1. The van der Waals surface area contributed by atoms with Crippen LogP contribution in [-0.4, -0.2) is 35.8 Å². The highest BCUT2D eigenvalue weighted by Crippen LogP contribution is 2.44. The number of aryl methyl sites for hydroxylation is 1. The number of hydrogen-bond acceptors (Lipinski definition) is 5. The first-order chi connectivity index (χ1) is 20.4. The molecule has 0 radical (unpaired) electrons. The minimum Gasteiger partial charge on any atom is -0.494 e. The fourth-order valence-corrected chi connectivity index (χ4v) is 5.18. The number of pyridine rings is 2. The largest absolute Gasteiger partial charge is 0.494 e. The smallest absolute Gasteiger partial charge is 0.330 e. The maximum atomic E-state index is 15.4. The predicted octanol–water partition coefficient (Wildman–Crippen LogP) is 7.55. The molecule has 1 saturated carbocycles. The van der Waals surface area contributed by atoms with E-state index in [0.717, 1.165) is 18.2 Å². The molecule has 0 bridgehead atoms. The van der Waals surface area contributed by atoms with Crippen molar-refractivity contribution in [2.45, 2.75) is 31.6 Å². The molecule has 13 heteroatoms. The van der Waals surface area contributed by atoms with Crippen molar-refractivity contribution in [3.63, 3.8) is 0 Å². The van der Waals surface area contributed by atoms with E-state index in [1.807, 2.05) is 0 Å². The molecule has 43 heavy (non-hydrogen) atoms. The number of methoxy groups -OCH3 is 1. The van der Waals surface area contributed by atoms with Gasteiger partial charge in [-0.05, 0) is 62.1 Å². The molecule has 1 aliphatic rings. The molecule has 1 amide bonds. The van der Waals surface area contributed by atoms with Gasteiger partial charge in [-0.3, -0.25) is 9.59 Å². The van der Waals surface area contributed by atoms with Gasteiger partial charge in [-0.1, -0.05) is 23.2 Å². The van der Waals surface area contributed by atoms with Crippen LogP contribution in [0.5, 0.6) is 5.75 Å². The van der Waals surface area contributed by atoms with Gasteiger partial charge < -0.3 is 10.1 Å². The van der Waals surface area contributed by atoms with Crippen molar-refractivity contribution >= 4 is 46.3 Å². The Morgan fingerprint density at radius 2 is 1.84 bits per heavy atom. The summed E-state index contributed by atoms with van der Waals surface area (Å²) in [5.41, 5.74) is -1.72. The van der Waals surface area contributed by atoms with E-state index < -0.39 is 63.3 Å².